The summed E-state index contributed by atoms with van der Waals surface area (Å²) < 4.78 is 15.1. The predicted octanol–water partition coefficient (Wildman–Crippen LogP) is 4.05. The van der Waals surface area contributed by atoms with E-state index in [0.717, 1.165) is 17.7 Å². The number of benzene rings is 2. The van der Waals surface area contributed by atoms with Gasteiger partial charge in [-0.05, 0) is 35.7 Å². The van der Waals surface area contributed by atoms with Crippen molar-refractivity contribution >= 4 is 0 Å². The average Bonchev–Trinajstić information content (AvgIpc) is 2.90. The molecule has 0 amide bonds. The van der Waals surface area contributed by atoms with Gasteiger partial charge in [-0.15, -0.1) is 0 Å². The Morgan fingerprint density at radius 1 is 1.05 bits per heavy atom. The van der Waals surface area contributed by atoms with Crippen LogP contribution in [-0.4, -0.2) is 9.78 Å². The lowest BCUT2D eigenvalue weighted by atomic mass is 10.1. The molecule has 0 aliphatic heterocycles. The number of hydrogen-bond donors (Lipinski definition) is 0. The molecule has 1 aromatic heterocycles. The first kappa shape index (κ1) is 12.6. The maximum absolute atomic E-state index is 13.2. The van der Waals surface area contributed by atoms with E-state index in [4.69, 9.17) is 0 Å². The Kier molecular flexibility index (Phi) is 3.33. The molecule has 0 fully saturated rings. The zero-order valence-electron chi connectivity index (χ0n) is 11.3. The minimum absolute atomic E-state index is 0.228. The van der Waals surface area contributed by atoms with E-state index in [1.807, 2.05) is 29.1 Å². The molecule has 1 heterocycles. The molecule has 3 aromatic rings. The molecule has 20 heavy (non-hydrogen) atoms. The van der Waals surface area contributed by atoms with Crippen molar-refractivity contribution in [2.45, 2.75) is 13.5 Å². The average molecular weight is 266 g/mol. The molecule has 0 radical (unpaired) electrons. The van der Waals surface area contributed by atoms with Crippen molar-refractivity contribution in [3.8, 4) is 11.1 Å². The van der Waals surface area contributed by atoms with Crippen LogP contribution >= 0.6 is 0 Å². The van der Waals surface area contributed by atoms with Crippen LogP contribution in [0.25, 0.3) is 11.1 Å². The highest BCUT2D eigenvalue weighted by Crippen LogP contribution is 2.20. The van der Waals surface area contributed by atoms with Gasteiger partial charge >= 0.3 is 0 Å². The Hall–Kier alpha value is -2.42. The Morgan fingerprint density at radius 3 is 2.70 bits per heavy atom. The lowest BCUT2D eigenvalue weighted by molar-refractivity contribution is 0.628. The molecule has 100 valence electrons. The van der Waals surface area contributed by atoms with Crippen LogP contribution in [0.1, 0.15) is 11.1 Å². The summed E-state index contributed by atoms with van der Waals surface area (Å²) in [6.07, 6.45) is 3.72. The van der Waals surface area contributed by atoms with E-state index in [9.17, 15) is 4.39 Å². The third kappa shape index (κ3) is 2.62. The van der Waals surface area contributed by atoms with Crippen LogP contribution in [0.5, 0.6) is 0 Å². The maximum atomic E-state index is 13.2. The van der Waals surface area contributed by atoms with Crippen molar-refractivity contribution in [1.82, 2.24) is 9.78 Å². The molecule has 3 rings (SSSR count). The van der Waals surface area contributed by atoms with Gasteiger partial charge in [-0.25, -0.2) is 4.39 Å². The van der Waals surface area contributed by atoms with E-state index in [1.165, 1.54) is 23.3 Å². The van der Waals surface area contributed by atoms with Gasteiger partial charge in [0, 0.05) is 11.8 Å². The summed E-state index contributed by atoms with van der Waals surface area (Å²) in [5.41, 5.74) is 4.26. The fraction of sp³-hybridized carbons (Fsp3) is 0.118. The molecule has 0 spiro atoms. The van der Waals surface area contributed by atoms with Crippen molar-refractivity contribution in [2.75, 3.05) is 0 Å². The Bertz CT molecular complexity index is 731. The number of halogens is 1. The maximum Gasteiger partial charge on any atom is 0.123 e. The minimum atomic E-state index is -0.228. The van der Waals surface area contributed by atoms with Gasteiger partial charge in [0.2, 0.25) is 0 Å². The fourth-order valence-electron chi connectivity index (χ4n) is 2.23. The monoisotopic (exact) mass is 266 g/mol. The lowest BCUT2D eigenvalue weighted by Gasteiger charge is -2.05. The Morgan fingerprint density at radius 2 is 1.90 bits per heavy atom. The van der Waals surface area contributed by atoms with E-state index in [1.54, 1.807) is 12.3 Å². The SMILES string of the molecule is Cc1ccccc1Cn1cc(-c2cccc(F)c2)cn1. The molecular weight excluding hydrogens is 251 g/mol. The summed E-state index contributed by atoms with van der Waals surface area (Å²) >= 11 is 0. The molecule has 0 N–H and O–H groups in total. The lowest BCUT2D eigenvalue weighted by Crippen LogP contribution is -2.01. The van der Waals surface area contributed by atoms with Crippen molar-refractivity contribution < 1.29 is 4.39 Å². The second-order valence-corrected chi connectivity index (χ2v) is 4.86. The van der Waals surface area contributed by atoms with Crippen molar-refractivity contribution in [2.24, 2.45) is 0 Å². The summed E-state index contributed by atoms with van der Waals surface area (Å²) in [6.45, 7) is 2.81. The zero-order chi connectivity index (χ0) is 13.9. The fourth-order valence-corrected chi connectivity index (χ4v) is 2.23. The normalized spacial score (nSPS) is 10.7. The third-order valence-corrected chi connectivity index (χ3v) is 3.38. The van der Waals surface area contributed by atoms with Crippen molar-refractivity contribution in [1.29, 1.82) is 0 Å². The van der Waals surface area contributed by atoms with Crippen LogP contribution in [0.3, 0.4) is 0 Å². The highest BCUT2D eigenvalue weighted by Gasteiger charge is 2.04. The number of aromatic nitrogens is 2. The number of hydrogen-bond acceptors (Lipinski definition) is 1. The molecule has 2 nitrogen and oxygen atoms in total. The van der Waals surface area contributed by atoms with E-state index in [2.05, 4.69) is 24.2 Å². The van der Waals surface area contributed by atoms with Gasteiger partial charge in [-0.2, -0.15) is 5.10 Å². The van der Waals surface area contributed by atoms with Crippen LogP contribution in [0, 0.1) is 12.7 Å². The van der Waals surface area contributed by atoms with Gasteiger partial charge in [0.25, 0.3) is 0 Å². The largest absolute Gasteiger partial charge is 0.268 e. The molecule has 2 aromatic carbocycles. The number of rotatable bonds is 3. The highest BCUT2D eigenvalue weighted by molar-refractivity contribution is 5.61. The minimum Gasteiger partial charge on any atom is -0.268 e. The van der Waals surface area contributed by atoms with Crippen LogP contribution in [0.15, 0.2) is 60.9 Å². The quantitative estimate of drug-likeness (QED) is 0.699. The number of aryl methyl sites for hydroxylation is 1. The van der Waals surface area contributed by atoms with Crippen molar-refractivity contribution in [3.63, 3.8) is 0 Å². The predicted molar refractivity (Wildman–Crippen MR) is 77.9 cm³/mol. The van der Waals surface area contributed by atoms with Crippen LogP contribution in [0.4, 0.5) is 4.39 Å². The van der Waals surface area contributed by atoms with E-state index in [0.29, 0.717) is 0 Å². The van der Waals surface area contributed by atoms with Gasteiger partial charge in [-0.3, -0.25) is 4.68 Å². The Labute approximate surface area is 117 Å². The van der Waals surface area contributed by atoms with Gasteiger partial charge in [0.1, 0.15) is 5.82 Å². The summed E-state index contributed by atoms with van der Waals surface area (Å²) in [7, 11) is 0. The molecule has 0 unspecified atom stereocenters. The van der Waals surface area contributed by atoms with Gasteiger partial charge < -0.3 is 0 Å². The van der Waals surface area contributed by atoms with E-state index < -0.39 is 0 Å². The molecule has 0 atom stereocenters. The second kappa shape index (κ2) is 5.29. The van der Waals surface area contributed by atoms with E-state index >= 15 is 0 Å². The molecule has 0 saturated heterocycles. The molecule has 3 heteroatoms. The number of nitrogens with zero attached hydrogens (tertiary/aromatic N) is 2. The topological polar surface area (TPSA) is 17.8 Å². The first-order valence-corrected chi connectivity index (χ1v) is 6.55. The van der Waals surface area contributed by atoms with Crippen molar-refractivity contribution in [3.05, 3.63) is 77.9 Å². The molecule has 0 bridgehead atoms. The van der Waals surface area contributed by atoms with Crippen LogP contribution in [-0.2, 0) is 6.54 Å². The van der Waals surface area contributed by atoms with E-state index in [-0.39, 0.29) is 5.82 Å². The molecule has 0 aliphatic carbocycles. The summed E-state index contributed by atoms with van der Waals surface area (Å²) in [6, 6.07) is 14.8. The van der Waals surface area contributed by atoms with Gasteiger partial charge in [-0.1, -0.05) is 36.4 Å². The van der Waals surface area contributed by atoms with Crippen LogP contribution < -0.4 is 0 Å². The summed E-state index contributed by atoms with van der Waals surface area (Å²) in [5, 5.41) is 4.35. The zero-order valence-corrected chi connectivity index (χ0v) is 11.3. The first-order valence-electron chi connectivity index (χ1n) is 6.55. The standard InChI is InChI=1S/C17H15FN2/c1-13-5-2-3-6-15(13)11-20-12-16(10-19-20)14-7-4-8-17(18)9-14/h2-10,12H,11H2,1H3. The molecule has 0 saturated carbocycles. The smallest absolute Gasteiger partial charge is 0.123 e. The van der Waals surface area contributed by atoms with Gasteiger partial charge in [0.05, 0.1) is 12.7 Å². The molecule has 0 aliphatic rings. The first-order chi connectivity index (χ1) is 9.72. The third-order valence-electron chi connectivity index (χ3n) is 3.38. The summed E-state index contributed by atoms with van der Waals surface area (Å²) in [5.74, 6) is -0.228. The van der Waals surface area contributed by atoms with Gasteiger partial charge in [0.15, 0.2) is 0 Å². The summed E-state index contributed by atoms with van der Waals surface area (Å²) in [4.78, 5) is 0. The Balaban J connectivity index is 1.86. The highest BCUT2D eigenvalue weighted by atomic mass is 19.1. The van der Waals surface area contributed by atoms with Crippen LogP contribution in [0.2, 0.25) is 0 Å². The molecular formula is C17H15FN2. The second-order valence-electron chi connectivity index (χ2n) is 4.86.